The Hall–Kier alpha value is -4.04. The maximum absolute atomic E-state index is 12.9. The molecule has 0 aliphatic rings. The van der Waals surface area contributed by atoms with Crippen molar-refractivity contribution in [2.24, 2.45) is 5.18 Å². The van der Waals surface area contributed by atoms with E-state index >= 15 is 0 Å². The molecule has 0 atom stereocenters. The molecule has 0 spiro atoms. The Morgan fingerprint density at radius 3 is 2.26 bits per heavy atom. The van der Waals surface area contributed by atoms with Crippen LogP contribution in [0.4, 0.5) is 5.69 Å². The lowest BCUT2D eigenvalue weighted by Crippen LogP contribution is -2.21. The van der Waals surface area contributed by atoms with Crippen LogP contribution in [0.25, 0.3) is 27.7 Å². The van der Waals surface area contributed by atoms with E-state index in [1.807, 2.05) is 54.6 Å². The molecule has 5 heteroatoms. The molecule has 128 valence electrons. The molecule has 0 unspecified atom stereocenters. The molecule has 1 aromatic heterocycles. The molecule has 0 bridgehead atoms. The molecule has 4 aromatic rings. The maximum atomic E-state index is 12.9. The summed E-state index contributed by atoms with van der Waals surface area (Å²) in [7, 11) is 0. The van der Waals surface area contributed by atoms with Gasteiger partial charge in [0.25, 0.3) is 5.56 Å². The van der Waals surface area contributed by atoms with Crippen LogP contribution < -0.4 is 5.56 Å². The number of benzene rings is 3. The van der Waals surface area contributed by atoms with Gasteiger partial charge in [0.1, 0.15) is 17.3 Å². The number of rotatable bonds is 3. The van der Waals surface area contributed by atoms with Crippen LogP contribution in [0, 0.1) is 16.2 Å². The van der Waals surface area contributed by atoms with E-state index in [0.717, 1.165) is 16.5 Å². The highest BCUT2D eigenvalue weighted by Gasteiger charge is 2.12. The van der Waals surface area contributed by atoms with Gasteiger partial charge in [0.15, 0.2) is 0 Å². The minimum Gasteiger partial charge on any atom is -0.276 e. The van der Waals surface area contributed by atoms with Gasteiger partial charge >= 0.3 is 0 Å². The number of nitroso groups, excluding NO2 is 1. The Balaban J connectivity index is 2.04. The van der Waals surface area contributed by atoms with Gasteiger partial charge in [0.2, 0.25) is 0 Å². The SMILES string of the molecule is N#Cc1cc2ccc(-c3ccccc3)cc2n(-c2ccc(N=O)cc2)c1=O. The predicted molar refractivity (Wildman–Crippen MR) is 105 cm³/mol. The predicted octanol–water partition coefficient (Wildman–Crippen LogP) is 4.93. The summed E-state index contributed by atoms with van der Waals surface area (Å²) in [6.07, 6.45) is 0. The van der Waals surface area contributed by atoms with Gasteiger partial charge in [-0.05, 0) is 52.7 Å². The van der Waals surface area contributed by atoms with Crippen LogP contribution in [-0.2, 0) is 0 Å². The number of nitriles is 1. The van der Waals surface area contributed by atoms with Crippen molar-refractivity contribution in [3.63, 3.8) is 0 Å². The van der Waals surface area contributed by atoms with Gasteiger partial charge < -0.3 is 0 Å². The largest absolute Gasteiger partial charge is 0.276 e. The lowest BCUT2D eigenvalue weighted by molar-refractivity contribution is 1.03. The molecular formula is C22H13N3O2. The van der Waals surface area contributed by atoms with Crippen molar-refractivity contribution in [2.75, 3.05) is 0 Å². The fourth-order valence-corrected chi connectivity index (χ4v) is 3.12. The van der Waals surface area contributed by atoms with Gasteiger partial charge in [-0.3, -0.25) is 9.36 Å². The van der Waals surface area contributed by atoms with Gasteiger partial charge in [0, 0.05) is 11.1 Å². The molecule has 5 nitrogen and oxygen atoms in total. The molecule has 27 heavy (non-hydrogen) atoms. The molecule has 3 aromatic carbocycles. The average molecular weight is 351 g/mol. The Labute approximate surface area is 154 Å². The molecule has 0 saturated heterocycles. The third-order valence-corrected chi connectivity index (χ3v) is 4.45. The normalized spacial score (nSPS) is 10.5. The summed E-state index contributed by atoms with van der Waals surface area (Å²) in [5.41, 5.74) is 3.19. The van der Waals surface area contributed by atoms with Crippen LogP contribution in [0.1, 0.15) is 5.56 Å². The van der Waals surface area contributed by atoms with Crippen LogP contribution >= 0.6 is 0 Å². The number of aromatic nitrogens is 1. The third-order valence-electron chi connectivity index (χ3n) is 4.45. The Morgan fingerprint density at radius 2 is 1.59 bits per heavy atom. The van der Waals surface area contributed by atoms with Crippen LogP contribution in [0.3, 0.4) is 0 Å². The fourth-order valence-electron chi connectivity index (χ4n) is 3.12. The number of hydrogen-bond donors (Lipinski definition) is 0. The van der Waals surface area contributed by atoms with Crippen molar-refractivity contribution in [1.82, 2.24) is 4.57 Å². The van der Waals surface area contributed by atoms with Gasteiger partial charge in [-0.1, -0.05) is 42.5 Å². The second kappa shape index (κ2) is 6.70. The number of hydrogen-bond acceptors (Lipinski definition) is 4. The van der Waals surface area contributed by atoms with Crippen molar-refractivity contribution in [2.45, 2.75) is 0 Å². The molecule has 0 N–H and O–H groups in total. The lowest BCUT2D eigenvalue weighted by Gasteiger charge is -2.13. The van der Waals surface area contributed by atoms with E-state index in [1.165, 1.54) is 4.57 Å². The van der Waals surface area contributed by atoms with Crippen LogP contribution in [0.5, 0.6) is 0 Å². The first-order chi connectivity index (χ1) is 13.2. The van der Waals surface area contributed by atoms with E-state index in [-0.39, 0.29) is 11.3 Å². The monoisotopic (exact) mass is 351 g/mol. The Bertz CT molecular complexity index is 1250. The molecule has 0 amide bonds. The van der Waals surface area contributed by atoms with E-state index in [0.29, 0.717) is 11.2 Å². The summed E-state index contributed by atoms with van der Waals surface area (Å²) in [4.78, 5) is 23.5. The fraction of sp³-hybridized carbons (Fsp3) is 0. The first-order valence-corrected chi connectivity index (χ1v) is 8.30. The molecule has 0 aliphatic carbocycles. The highest BCUT2D eigenvalue weighted by atomic mass is 16.3. The molecular weight excluding hydrogens is 338 g/mol. The summed E-state index contributed by atoms with van der Waals surface area (Å²) >= 11 is 0. The average Bonchev–Trinajstić information content (AvgIpc) is 2.74. The van der Waals surface area contributed by atoms with Crippen molar-refractivity contribution >= 4 is 16.6 Å². The van der Waals surface area contributed by atoms with Crippen molar-refractivity contribution in [3.8, 4) is 22.9 Å². The Morgan fingerprint density at radius 1 is 0.852 bits per heavy atom. The standard InChI is InChI=1S/C22H13N3O2/c23-14-18-12-17-7-6-16(15-4-2-1-3-5-15)13-21(17)25(22(18)26)20-10-8-19(24-27)9-11-20/h1-13H. The lowest BCUT2D eigenvalue weighted by atomic mass is 10.0. The van der Waals surface area contributed by atoms with Crippen LogP contribution in [0.2, 0.25) is 0 Å². The number of fused-ring (bicyclic) bond motifs is 1. The quantitative estimate of drug-likeness (QED) is 0.491. The molecule has 0 fully saturated rings. The molecule has 1 heterocycles. The zero-order chi connectivity index (χ0) is 18.8. The highest BCUT2D eigenvalue weighted by Crippen LogP contribution is 2.26. The second-order valence-corrected chi connectivity index (χ2v) is 6.06. The molecule has 0 radical (unpaired) electrons. The summed E-state index contributed by atoms with van der Waals surface area (Å²) < 4.78 is 1.49. The minimum atomic E-state index is -0.401. The summed E-state index contributed by atoms with van der Waals surface area (Å²) in [6.45, 7) is 0. The van der Waals surface area contributed by atoms with Crippen LogP contribution in [0.15, 0.2) is 88.8 Å². The van der Waals surface area contributed by atoms with E-state index in [1.54, 1.807) is 30.3 Å². The number of pyridine rings is 1. The molecule has 4 rings (SSSR count). The summed E-state index contributed by atoms with van der Waals surface area (Å²) in [6, 6.07) is 25.6. The third kappa shape index (κ3) is 2.90. The first-order valence-electron chi connectivity index (χ1n) is 8.30. The second-order valence-electron chi connectivity index (χ2n) is 6.06. The van der Waals surface area contributed by atoms with Crippen molar-refractivity contribution in [3.05, 3.63) is 99.7 Å². The van der Waals surface area contributed by atoms with E-state index in [2.05, 4.69) is 5.18 Å². The van der Waals surface area contributed by atoms with Gasteiger partial charge in [-0.15, -0.1) is 4.91 Å². The van der Waals surface area contributed by atoms with E-state index < -0.39 is 5.56 Å². The number of nitrogens with zero attached hydrogens (tertiary/aromatic N) is 3. The minimum absolute atomic E-state index is 0.0625. The smallest absolute Gasteiger partial charge is 0.273 e. The van der Waals surface area contributed by atoms with Gasteiger partial charge in [-0.25, -0.2) is 0 Å². The van der Waals surface area contributed by atoms with Gasteiger partial charge in [-0.2, -0.15) is 5.26 Å². The van der Waals surface area contributed by atoms with Crippen LogP contribution in [-0.4, -0.2) is 4.57 Å². The van der Waals surface area contributed by atoms with E-state index in [4.69, 9.17) is 0 Å². The van der Waals surface area contributed by atoms with Crippen molar-refractivity contribution < 1.29 is 0 Å². The summed E-state index contributed by atoms with van der Waals surface area (Å²) in [5.74, 6) is 0. The van der Waals surface area contributed by atoms with Gasteiger partial charge in [0.05, 0.1) is 5.52 Å². The zero-order valence-corrected chi connectivity index (χ0v) is 14.2. The van der Waals surface area contributed by atoms with Crippen molar-refractivity contribution in [1.29, 1.82) is 5.26 Å². The summed E-state index contributed by atoms with van der Waals surface area (Å²) in [5, 5.41) is 13.0. The molecule has 0 saturated carbocycles. The molecule has 0 aliphatic heterocycles. The van der Waals surface area contributed by atoms with E-state index in [9.17, 15) is 15.0 Å². The zero-order valence-electron chi connectivity index (χ0n) is 14.2. The Kier molecular flexibility index (Phi) is 4.07. The topological polar surface area (TPSA) is 75.2 Å². The first kappa shape index (κ1) is 16.4. The maximum Gasteiger partial charge on any atom is 0.273 e. The highest BCUT2D eigenvalue weighted by molar-refractivity contribution is 5.87.